The van der Waals surface area contributed by atoms with Crippen LogP contribution in [0.25, 0.3) is 10.8 Å². The molecule has 0 radical (unpaired) electrons. The second-order valence-corrected chi connectivity index (χ2v) is 5.62. The summed E-state index contributed by atoms with van der Waals surface area (Å²) in [6, 6.07) is 19.8. The first-order valence-electron chi connectivity index (χ1n) is 7.30. The van der Waals surface area contributed by atoms with E-state index in [0.717, 1.165) is 33.5 Å². The second-order valence-electron chi connectivity index (χ2n) is 5.22. The fourth-order valence-electron chi connectivity index (χ4n) is 2.34. The van der Waals surface area contributed by atoms with E-state index in [1.165, 1.54) is 0 Å². The third kappa shape index (κ3) is 3.46. The highest BCUT2D eigenvalue weighted by Gasteiger charge is 2.02. The van der Waals surface area contributed by atoms with Crippen LogP contribution in [0.15, 0.2) is 65.8 Å². The van der Waals surface area contributed by atoms with E-state index in [2.05, 4.69) is 28.7 Å². The van der Waals surface area contributed by atoms with Crippen LogP contribution in [0, 0.1) is 0 Å². The average Bonchev–Trinajstić information content (AvgIpc) is 2.59. The van der Waals surface area contributed by atoms with Gasteiger partial charge >= 0.3 is 0 Å². The molecule has 0 amide bonds. The molecule has 0 aliphatic heterocycles. The van der Waals surface area contributed by atoms with Crippen LogP contribution in [-0.4, -0.2) is 12.8 Å². The number of hydrazone groups is 1. The topological polar surface area (TPSA) is 33.6 Å². The number of benzene rings is 3. The summed E-state index contributed by atoms with van der Waals surface area (Å²) in [5.41, 5.74) is 5.75. The number of nitrogens with zero attached hydrogens (tertiary/aromatic N) is 1. The minimum Gasteiger partial charge on any atom is -0.497 e. The molecular formula is C19H17ClN2O. The smallest absolute Gasteiger partial charge is 0.119 e. The Kier molecular flexibility index (Phi) is 4.49. The van der Waals surface area contributed by atoms with E-state index in [1.807, 2.05) is 49.4 Å². The summed E-state index contributed by atoms with van der Waals surface area (Å²) in [6.07, 6.45) is 0. The maximum Gasteiger partial charge on any atom is 0.119 e. The number of halogens is 1. The van der Waals surface area contributed by atoms with E-state index in [4.69, 9.17) is 16.3 Å². The number of hydrogen-bond acceptors (Lipinski definition) is 3. The van der Waals surface area contributed by atoms with Gasteiger partial charge < -0.3 is 4.74 Å². The Bertz CT molecular complexity index is 874. The van der Waals surface area contributed by atoms with Crippen molar-refractivity contribution in [3.63, 3.8) is 0 Å². The second kappa shape index (κ2) is 6.71. The van der Waals surface area contributed by atoms with Crippen molar-refractivity contribution in [1.82, 2.24) is 0 Å². The number of nitrogens with one attached hydrogen (secondary N) is 1. The number of rotatable bonds is 4. The van der Waals surface area contributed by atoms with Crippen molar-refractivity contribution in [1.29, 1.82) is 0 Å². The van der Waals surface area contributed by atoms with Crippen LogP contribution >= 0.6 is 11.6 Å². The van der Waals surface area contributed by atoms with Gasteiger partial charge in [0, 0.05) is 0 Å². The Morgan fingerprint density at radius 2 is 1.74 bits per heavy atom. The molecule has 0 aromatic heterocycles. The Morgan fingerprint density at radius 1 is 1.00 bits per heavy atom. The van der Waals surface area contributed by atoms with Crippen LogP contribution in [0.3, 0.4) is 0 Å². The number of methoxy groups -OCH3 is 1. The molecule has 3 aromatic rings. The maximum atomic E-state index is 6.12. The van der Waals surface area contributed by atoms with E-state index < -0.39 is 0 Å². The normalized spacial score (nSPS) is 11.5. The maximum absolute atomic E-state index is 6.12. The van der Waals surface area contributed by atoms with E-state index in [0.29, 0.717) is 5.02 Å². The van der Waals surface area contributed by atoms with Gasteiger partial charge in [-0.25, -0.2) is 0 Å². The molecule has 0 spiro atoms. The lowest BCUT2D eigenvalue weighted by Crippen LogP contribution is -2.00. The Balaban J connectivity index is 1.87. The fourth-order valence-corrected chi connectivity index (χ4v) is 2.51. The number of ether oxygens (including phenoxy) is 1. The number of fused-ring (bicyclic) bond motifs is 1. The van der Waals surface area contributed by atoms with Gasteiger partial charge in [-0.1, -0.05) is 41.9 Å². The first-order valence-corrected chi connectivity index (χ1v) is 7.68. The Labute approximate surface area is 140 Å². The van der Waals surface area contributed by atoms with Crippen molar-refractivity contribution < 1.29 is 4.74 Å². The van der Waals surface area contributed by atoms with Gasteiger partial charge in [0.25, 0.3) is 0 Å². The molecule has 0 saturated carbocycles. The summed E-state index contributed by atoms with van der Waals surface area (Å²) in [4.78, 5) is 0. The van der Waals surface area contributed by atoms with E-state index in [9.17, 15) is 0 Å². The summed E-state index contributed by atoms with van der Waals surface area (Å²) in [7, 11) is 1.67. The molecule has 0 heterocycles. The third-order valence-electron chi connectivity index (χ3n) is 3.68. The van der Waals surface area contributed by atoms with Crippen molar-refractivity contribution in [2.45, 2.75) is 6.92 Å². The van der Waals surface area contributed by atoms with E-state index in [-0.39, 0.29) is 0 Å². The zero-order valence-corrected chi connectivity index (χ0v) is 13.8. The lowest BCUT2D eigenvalue weighted by molar-refractivity contribution is 0.415. The first kappa shape index (κ1) is 15.4. The van der Waals surface area contributed by atoms with Gasteiger partial charge in [0.1, 0.15) is 5.75 Å². The molecule has 3 aromatic carbocycles. The van der Waals surface area contributed by atoms with Crippen LogP contribution in [-0.2, 0) is 0 Å². The van der Waals surface area contributed by atoms with Crippen molar-refractivity contribution >= 4 is 33.8 Å². The van der Waals surface area contributed by atoms with Gasteiger partial charge in [0.15, 0.2) is 0 Å². The SMILES string of the molecule is COc1ccc2cc(C(C)=NNc3ccccc3Cl)ccc2c1. The molecular weight excluding hydrogens is 308 g/mol. The summed E-state index contributed by atoms with van der Waals surface area (Å²) in [6.45, 7) is 1.97. The van der Waals surface area contributed by atoms with Gasteiger partial charge in [-0.3, -0.25) is 5.43 Å². The van der Waals surface area contributed by atoms with Gasteiger partial charge in [-0.15, -0.1) is 0 Å². The van der Waals surface area contributed by atoms with Crippen molar-refractivity contribution in [3.05, 3.63) is 71.2 Å². The number of hydrogen-bond donors (Lipinski definition) is 1. The molecule has 0 bridgehead atoms. The zero-order chi connectivity index (χ0) is 16.2. The van der Waals surface area contributed by atoms with Crippen LogP contribution < -0.4 is 10.2 Å². The summed E-state index contributed by atoms with van der Waals surface area (Å²) < 4.78 is 5.25. The highest BCUT2D eigenvalue weighted by Crippen LogP contribution is 2.23. The van der Waals surface area contributed by atoms with Crippen LogP contribution in [0.4, 0.5) is 5.69 Å². The Hall–Kier alpha value is -2.52. The van der Waals surface area contributed by atoms with Crippen molar-refractivity contribution in [3.8, 4) is 5.75 Å². The largest absolute Gasteiger partial charge is 0.497 e. The molecule has 0 aliphatic rings. The summed E-state index contributed by atoms with van der Waals surface area (Å²) in [5, 5.41) is 7.36. The van der Waals surface area contributed by atoms with Crippen molar-refractivity contribution in [2.24, 2.45) is 5.10 Å². The van der Waals surface area contributed by atoms with Gasteiger partial charge in [-0.2, -0.15) is 5.10 Å². The van der Waals surface area contributed by atoms with Crippen LogP contribution in [0.1, 0.15) is 12.5 Å². The van der Waals surface area contributed by atoms with Gasteiger partial charge in [0.2, 0.25) is 0 Å². The molecule has 23 heavy (non-hydrogen) atoms. The number of para-hydroxylation sites is 1. The quantitative estimate of drug-likeness (QED) is 0.519. The van der Waals surface area contributed by atoms with Crippen molar-refractivity contribution in [2.75, 3.05) is 12.5 Å². The lowest BCUT2D eigenvalue weighted by atomic mass is 10.0. The highest BCUT2D eigenvalue weighted by atomic mass is 35.5. The molecule has 4 heteroatoms. The molecule has 3 rings (SSSR count). The molecule has 0 unspecified atom stereocenters. The molecule has 116 valence electrons. The summed E-state index contributed by atoms with van der Waals surface area (Å²) in [5.74, 6) is 0.857. The summed E-state index contributed by atoms with van der Waals surface area (Å²) >= 11 is 6.12. The predicted octanol–water partition coefficient (Wildman–Crippen LogP) is 5.34. The standard InChI is InChI=1S/C19H17ClN2O/c1-13(21-22-19-6-4-3-5-18(19)20)14-7-8-16-12-17(23-2)10-9-15(16)11-14/h3-12,22H,1-2H3. The molecule has 0 aliphatic carbocycles. The monoisotopic (exact) mass is 324 g/mol. The van der Waals surface area contributed by atoms with Gasteiger partial charge in [0.05, 0.1) is 23.5 Å². The fraction of sp³-hybridized carbons (Fsp3) is 0.105. The molecule has 1 N–H and O–H groups in total. The van der Waals surface area contributed by atoms with Gasteiger partial charge in [-0.05, 0) is 53.6 Å². The minimum atomic E-state index is 0.648. The van der Waals surface area contributed by atoms with Crippen LogP contribution in [0.2, 0.25) is 5.02 Å². The molecule has 0 saturated heterocycles. The average molecular weight is 325 g/mol. The third-order valence-corrected chi connectivity index (χ3v) is 4.01. The predicted molar refractivity (Wildman–Crippen MR) is 97.8 cm³/mol. The minimum absolute atomic E-state index is 0.648. The Morgan fingerprint density at radius 3 is 2.52 bits per heavy atom. The number of anilines is 1. The molecule has 3 nitrogen and oxygen atoms in total. The molecule has 0 fully saturated rings. The van der Waals surface area contributed by atoms with E-state index in [1.54, 1.807) is 7.11 Å². The highest BCUT2D eigenvalue weighted by molar-refractivity contribution is 6.33. The molecule has 0 atom stereocenters. The lowest BCUT2D eigenvalue weighted by Gasteiger charge is -2.07. The van der Waals surface area contributed by atoms with E-state index >= 15 is 0 Å². The zero-order valence-electron chi connectivity index (χ0n) is 13.0. The van der Waals surface area contributed by atoms with Crippen LogP contribution in [0.5, 0.6) is 5.75 Å². The first-order chi connectivity index (χ1) is 11.2.